The molecule has 0 radical (unpaired) electrons. The molecule has 5 rings (SSSR count). The maximum atomic E-state index is 15.2. The molecule has 170 valence electrons. The Morgan fingerprint density at radius 3 is 2.71 bits per heavy atom. The molecule has 0 aliphatic rings. The minimum atomic E-state index is -0.672. The number of hydrogen-bond donors (Lipinski definition) is 1. The van der Waals surface area contributed by atoms with Gasteiger partial charge in [0.05, 0.1) is 29.4 Å². The molecule has 9 heteroatoms. The SMILES string of the molecule is Cc1cc2cc(C(=O)N(Cc3cn4ccccc4n3)C(C)c3ncccn3)c(F)cc2nc1N. The lowest BCUT2D eigenvalue weighted by molar-refractivity contribution is 0.0659. The van der Waals surface area contributed by atoms with E-state index >= 15 is 4.39 Å². The van der Waals surface area contributed by atoms with Crippen LogP contribution in [0.5, 0.6) is 0 Å². The van der Waals surface area contributed by atoms with E-state index in [4.69, 9.17) is 5.73 Å². The van der Waals surface area contributed by atoms with Crippen molar-refractivity contribution < 1.29 is 9.18 Å². The maximum Gasteiger partial charge on any atom is 0.257 e. The van der Waals surface area contributed by atoms with Gasteiger partial charge in [0.2, 0.25) is 0 Å². The van der Waals surface area contributed by atoms with Gasteiger partial charge < -0.3 is 15.0 Å². The summed E-state index contributed by atoms with van der Waals surface area (Å²) in [6, 6.07) is 11.4. The summed E-state index contributed by atoms with van der Waals surface area (Å²) in [6.07, 6.45) is 6.95. The molecule has 8 nitrogen and oxygen atoms in total. The molecule has 0 bridgehead atoms. The Morgan fingerprint density at radius 1 is 1.15 bits per heavy atom. The summed E-state index contributed by atoms with van der Waals surface area (Å²) in [6.45, 7) is 3.78. The number of benzene rings is 1. The number of rotatable bonds is 5. The highest BCUT2D eigenvalue weighted by Gasteiger charge is 2.28. The summed E-state index contributed by atoms with van der Waals surface area (Å²) in [5.74, 6) is -0.388. The Labute approximate surface area is 194 Å². The Morgan fingerprint density at radius 2 is 1.94 bits per heavy atom. The van der Waals surface area contributed by atoms with Gasteiger partial charge in [-0.05, 0) is 49.7 Å². The fourth-order valence-electron chi connectivity index (χ4n) is 3.92. The van der Waals surface area contributed by atoms with Crippen LogP contribution >= 0.6 is 0 Å². The minimum absolute atomic E-state index is 0.0648. The number of halogens is 1. The molecule has 34 heavy (non-hydrogen) atoms. The summed E-state index contributed by atoms with van der Waals surface area (Å²) in [5.41, 5.74) is 8.37. The fourth-order valence-corrected chi connectivity index (χ4v) is 3.92. The van der Waals surface area contributed by atoms with Crippen molar-refractivity contribution in [1.82, 2.24) is 29.2 Å². The number of fused-ring (bicyclic) bond motifs is 2. The van der Waals surface area contributed by atoms with E-state index in [2.05, 4.69) is 19.9 Å². The molecule has 1 aromatic carbocycles. The third-order valence-electron chi connectivity index (χ3n) is 5.80. The van der Waals surface area contributed by atoms with E-state index in [0.717, 1.165) is 11.2 Å². The number of nitrogen functional groups attached to an aromatic ring is 1. The number of imidazole rings is 1. The number of nitrogens with zero attached hydrogens (tertiary/aromatic N) is 6. The van der Waals surface area contributed by atoms with Gasteiger partial charge in [0.1, 0.15) is 23.1 Å². The zero-order chi connectivity index (χ0) is 23.8. The number of amides is 1. The highest BCUT2D eigenvalue weighted by atomic mass is 19.1. The van der Waals surface area contributed by atoms with Gasteiger partial charge >= 0.3 is 0 Å². The zero-order valence-electron chi connectivity index (χ0n) is 18.7. The summed E-state index contributed by atoms with van der Waals surface area (Å²) >= 11 is 0. The van der Waals surface area contributed by atoms with Crippen molar-refractivity contribution >= 4 is 28.3 Å². The lowest BCUT2D eigenvalue weighted by Gasteiger charge is -2.28. The molecule has 0 saturated heterocycles. The molecule has 0 spiro atoms. The number of carbonyl (C=O) groups is 1. The average Bonchev–Trinajstić information content (AvgIpc) is 3.26. The lowest BCUT2D eigenvalue weighted by atomic mass is 10.1. The minimum Gasteiger partial charge on any atom is -0.383 e. The number of anilines is 1. The largest absolute Gasteiger partial charge is 0.383 e. The van der Waals surface area contributed by atoms with Crippen LogP contribution in [0.4, 0.5) is 10.2 Å². The quantitative estimate of drug-likeness (QED) is 0.428. The van der Waals surface area contributed by atoms with Gasteiger partial charge in [-0.15, -0.1) is 0 Å². The monoisotopic (exact) mass is 455 g/mol. The lowest BCUT2D eigenvalue weighted by Crippen LogP contribution is -2.34. The van der Waals surface area contributed by atoms with Gasteiger partial charge in [-0.1, -0.05) is 6.07 Å². The fraction of sp³-hybridized carbons (Fsp3) is 0.160. The Kier molecular flexibility index (Phi) is 5.37. The van der Waals surface area contributed by atoms with Crippen LogP contribution in [0.2, 0.25) is 0 Å². The third-order valence-corrected chi connectivity index (χ3v) is 5.80. The maximum absolute atomic E-state index is 15.2. The first-order valence-corrected chi connectivity index (χ1v) is 10.8. The normalized spacial score (nSPS) is 12.2. The molecule has 4 heterocycles. The van der Waals surface area contributed by atoms with Crippen LogP contribution in [0.15, 0.2) is 67.3 Å². The summed E-state index contributed by atoms with van der Waals surface area (Å²) in [5, 5.41) is 0.632. The van der Waals surface area contributed by atoms with E-state index in [0.29, 0.717) is 28.2 Å². The predicted octanol–water partition coefficient (Wildman–Crippen LogP) is 4.11. The molecule has 0 aliphatic heterocycles. The number of aryl methyl sites for hydroxylation is 1. The van der Waals surface area contributed by atoms with Crippen LogP contribution in [0.1, 0.15) is 40.4 Å². The first-order chi connectivity index (χ1) is 16.4. The first-order valence-electron chi connectivity index (χ1n) is 10.8. The Bertz CT molecular complexity index is 1480. The van der Waals surface area contributed by atoms with E-state index in [-0.39, 0.29) is 12.1 Å². The summed E-state index contributed by atoms with van der Waals surface area (Å²) in [4.78, 5) is 32.7. The van der Waals surface area contributed by atoms with Gasteiger partial charge in [0, 0.05) is 36.2 Å². The Balaban J connectivity index is 1.58. The van der Waals surface area contributed by atoms with E-state index in [1.54, 1.807) is 24.5 Å². The van der Waals surface area contributed by atoms with Crippen LogP contribution in [0.3, 0.4) is 0 Å². The second kappa shape index (κ2) is 8.51. The van der Waals surface area contributed by atoms with Crippen molar-refractivity contribution in [3.8, 4) is 0 Å². The topological polar surface area (TPSA) is 102 Å². The average molecular weight is 455 g/mol. The molecule has 5 aromatic rings. The standard InChI is InChI=1S/C25H22FN7O/c1-15-10-17-11-19(20(26)12-21(17)31-23(15)27)25(34)33(16(2)24-28-7-5-8-29-24)14-18-13-32-9-4-3-6-22(32)30-18/h3-13,16H,14H2,1-2H3,(H2,27,31). The molecule has 1 atom stereocenters. The summed E-state index contributed by atoms with van der Waals surface area (Å²) in [7, 11) is 0. The summed E-state index contributed by atoms with van der Waals surface area (Å²) < 4.78 is 17.0. The van der Waals surface area contributed by atoms with Crippen molar-refractivity contribution in [2.75, 3.05) is 5.73 Å². The Hall–Kier alpha value is -4.40. The van der Waals surface area contributed by atoms with Crippen molar-refractivity contribution in [3.63, 3.8) is 0 Å². The predicted molar refractivity (Wildman–Crippen MR) is 126 cm³/mol. The van der Waals surface area contributed by atoms with Crippen LogP contribution in [-0.4, -0.2) is 35.1 Å². The number of pyridine rings is 2. The molecular weight excluding hydrogens is 433 g/mol. The van der Waals surface area contributed by atoms with Crippen LogP contribution in [-0.2, 0) is 6.54 Å². The van der Waals surface area contributed by atoms with Crippen molar-refractivity contribution in [3.05, 3.63) is 95.7 Å². The van der Waals surface area contributed by atoms with Gasteiger partial charge in [-0.2, -0.15) is 0 Å². The van der Waals surface area contributed by atoms with Crippen LogP contribution in [0.25, 0.3) is 16.6 Å². The number of carbonyl (C=O) groups excluding carboxylic acids is 1. The second-order valence-corrected chi connectivity index (χ2v) is 8.13. The highest BCUT2D eigenvalue weighted by molar-refractivity contribution is 5.98. The van der Waals surface area contributed by atoms with Gasteiger partial charge in [-0.25, -0.2) is 24.3 Å². The van der Waals surface area contributed by atoms with E-state index in [1.807, 2.05) is 48.8 Å². The molecule has 1 unspecified atom stereocenters. The van der Waals surface area contributed by atoms with E-state index in [9.17, 15) is 4.79 Å². The molecule has 4 aromatic heterocycles. The van der Waals surface area contributed by atoms with Crippen molar-refractivity contribution in [2.24, 2.45) is 0 Å². The number of aromatic nitrogens is 5. The smallest absolute Gasteiger partial charge is 0.257 e. The van der Waals surface area contributed by atoms with Crippen molar-refractivity contribution in [1.29, 1.82) is 0 Å². The van der Waals surface area contributed by atoms with Crippen LogP contribution in [0, 0.1) is 12.7 Å². The third kappa shape index (κ3) is 3.92. The second-order valence-electron chi connectivity index (χ2n) is 8.13. The van der Waals surface area contributed by atoms with Gasteiger partial charge in [0.25, 0.3) is 5.91 Å². The van der Waals surface area contributed by atoms with Crippen molar-refractivity contribution in [2.45, 2.75) is 26.4 Å². The van der Waals surface area contributed by atoms with Gasteiger partial charge in [-0.3, -0.25) is 4.79 Å². The van der Waals surface area contributed by atoms with Crippen LogP contribution < -0.4 is 5.73 Å². The number of nitrogens with two attached hydrogens (primary N) is 1. The first kappa shape index (κ1) is 21.4. The molecular formula is C25H22FN7O. The molecule has 0 aliphatic carbocycles. The zero-order valence-corrected chi connectivity index (χ0v) is 18.7. The number of hydrogen-bond acceptors (Lipinski definition) is 6. The molecule has 1 amide bonds. The molecule has 0 fully saturated rings. The van der Waals surface area contributed by atoms with E-state index < -0.39 is 17.8 Å². The van der Waals surface area contributed by atoms with E-state index in [1.165, 1.54) is 17.0 Å². The highest BCUT2D eigenvalue weighted by Crippen LogP contribution is 2.27. The molecule has 0 saturated carbocycles. The molecule has 2 N–H and O–H groups in total. The van der Waals surface area contributed by atoms with Gasteiger partial charge in [0.15, 0.2) is 0 Å².